The predicted octanol–water partition coefficient (Wildman–Crippen LogP) is 3.50. The number of likely N-dealkylation sites (N-methyl/N-ethyl adjacent to an activating group) is 1. The van der Waals surface area contributed by atoms with Crippen molar-refractivity contribution in [2.24, 2.45) is 0 Å². The Balaban J connectivity index is 1.84. The van der Waals surface area contributed by atoms with Gasteiger partial charge in [0, 0.05) is 25.0 Å². The highest BCUT2D eigenvalue weighted by Gasteiger charge is 2.33. The van der Waals surface area contributed by atoms with E-state index in [0.29, 0.717) is 6.04 Å². The lowest BCUT2D eigenvalue weighted by molar-refractivity contribution is -0.137. The molecule has 2 atom stereocenters. The fourth-order valence-electron chi connectivity index (χ4n) is 3.27. The van der Waals surface area contributed by atoms with Crippen molar-refractivity contribution in [1.29, 1.82) is 0 Å². The summed E-state index contributed by atoms with van der Waals surface area (Å²) in [6.45, 7) is 6.91. The van der Waals surface area contributed by atoms with Crippen LogP contribution in [0.4, 0.5) is 18.9 Å². The Bertz CT molecular complexity index is 577. The van der Waals surface area contributed by atoms with Gasteiger partial charge in [-0.2, -0.15) is 13.2 Å². The number of carbonyl (C=O) groups excluding carboxylic acids is 1. The second-order valence-corrected chi connectivity index (χ2v) is 6.53. The van der Waals surface area contributed by atoms with E-state index in [1.54, 1.807) is 0 Å². The average Bonchev–Trinajstić information content (AvgIpc) is 2.99. The van der Waals surface area contributed by atoms with Gasteiger partial charge in [-0.3, -0.25) is 9.69 Å². The van der Waals surface area contributed by atoms with Crippen molar-refractivity contribution in [3.8, 4) is 0 Å². The number of benzene rings is 1. The summed E-state index contributed by atoms with van der Waals surface area (Å²) in [6, 6.07) is 5.40. The maximum atomic E-state index is 13.0. The molecule has 1 aliphatic heterocycles. The molecule has 2 unspecified atom stereocenters. The van der Waals surface area contributed by atoms with E-state index in [4.69, 9.17) is 0 Å². The van der Waals surface area contributed by atoms with Gasteiger partial charge in [-0.15, -0.1) is 0 Å². The van der Waals surface area contributed by atoms with Crippen molar-refractivity contribution < 1.29 is 18.0 Å². The predicted molar refractivity (Wildman–Crippen MR) is 92.4 cm³/mol. The molecule has 1 aliphatic rings. The first-order valence-corrected chi connectivity index (χ1v) is 8.74. The van der Waals surface area contributed by atoms with Crippen molar-refractivity contribution in [3.05, 3.63) is 29.8 Å². The third-order valence-corrected chi connectivity index (χ3v) is 4.61. The number of anilines is 1. The standard InChI is InChI=1S/C18H26F3N3O/c1-3-24-10-6-7-14(24)12-22-13(2)11-17(25)23-16-9-5-4-8-15(16)18(19,20)21/h4-5,8-9,13-14,22H,3,6-7,10-12H2,1-2H3,(H,23,25). The van der Waals surface area contributed by atoms with Crippen LogP contribution in [-0.2, 0) is 11.0 Å². The Morgan fingerprint density at radius 1 is 1.36 bits per heavy atom. The number of rotatable bonds is 7. The van der Waals surface area contributed by atoms with Crippen LogP contribution in [0.2, 0.25) is 0 Å². The molecule has 0 spiro atoms. The van der Waals surface area contributed by atoms with Gasteiger partial charge in [-0.05, 0) is 45.0 Å². The Labute approximate surface area is 146 Å². The lowest BCUT2D eigenvalue weighted by atomic mass is 10.1. The Kier molecular flexibility index (Phi) is 6.84. The average molecular weight is 357 g/mol. The highest BCUT2D eigenvalue weighted by Crippen LogP contribution is 2.34. The van der Waals surface area contributed by atoms with Gasteiger partial charge in [0.1, 0.15) is 0 Å². The smallest absolute Gasteiger partial charge is 0.325 e. The topological polar surface area (TPSA) is 44.4 Å². The van der Waals surface area contributed by atoms with Crippen LogP contribution < -0.4 is 10.6 Å². The summed E-state index contributed by atoms with van der Waals surface area (Å²) in [4.78, 5) is 14.5. The summed E-state index contributed by atoms with van der Waals surface area (Å²) in [5.41, 5.74) is -1.02. The fourth-order valence-corrected chi connectivity index (χ4v) is 3.27. The van der Waals surface area contributed by atoms with Gasteiger partial charge >= 0.3 is 6.18 Å². The lowest BCUT2D eigenvalue weighted by Crippen LogP contribution is -2.41. The summed E-state index contributed by atoms with van der Waals surface area (Å²) in [7, 11) is 0. The first-order valence-electron chi connectivity index (χ1n) is 8.74. The molecule has 0 aliphatic carbocycles. The molecule has 2 N–H and O–H groups in total. The Morgan fingerprint density at radius 3 is 2.76 bits per heavy atom. The number of likely N-dealkylation sites (tertiary alicyclic amines) is 1. The number of halogens is 3. The molecule has 140 valence electrons. The summed E-state index contributed by atoms with van der Waals surface area (Å²) >= 11 is 0. The summed E-state index contributed by atoms with van der Waals surface area (Å²) in [5, 5.41) is 5.71. The quantitative estimate of drug-likeness (QED) is 0.785. The maximum Gasteiger partial charge on any atom is 0.418 e. The van der Waals surface area contributed by atoms with Gasteiger partial charge in [0.25, 0.3) is 0 Å². The minimum Gasteiger partial charge on any atom is -0.325 e. The van der Waals surface area contributed by atoms with Gasteiger partial charge < -0.3 is 10.6 Å². The molecule has 1 heterocycles. The van der Waals surface area contributed by atoms with Crippen LogP contribution in [0.25, 0.3) is 0 Å². The third-order valence-electron chi connectivity index (χ3n) is 4.61. The van der Waals surface area contributed by atoms with Crippen LogP contribution in [0.15, 0.2) is 24.3 Å². The van der Waals surface area contributed by atoms with Crippen LogP contribution in [0.5, 0.6) is 0 Å². The van der Waals surface area contributed by atoms with Crippen LogP contribution in [0.1, 0.15) is 38.7 Å². The molecule has 1 saturated heterocycles. The minimum atomic E-state index is -4.49. The van der Waals surface area contributed by atoms with Gasteiger partial charge in [-0.1, -0.05) is 19.1 Å². The van der Waals surface area contributed by atoms with Crippen molar-refractivity contribution in [2.45, 2.75) is 51.4 Å². The lowest BCUT2D eigenvalue weighted by Gasteiger charge is -2.25. The summed E-state index contributed by atoms with van der Waals surface area (Å²) < 4.78 is 38.9. The molecule has 7 heteroatoms. The van der Waals surface area contributed by atoms with Crippen molar-refractivity contribution >= 4 is 11.6 Å². The molecule has 1 aromatic carbocycles. The molecular weight excluding hydrogens is 331 g/mol. The van der Waals surface area contributed by atoms with Gasteiger partial charge in [0.15, 0.2) is 0 Å². The molecule has 0 saturated carbocycles. The van der Waals surface area contributed by atoms with E-state index in [2.05, 4.69) is 22.5 Å². The largest absolute Gasteiger partial charge is 0.418 e. The molecule has 4 nitrogen and oxygen atoms in total. The van der Waals surface area contributed by atoms with Crippen molar-refractivity contribution in [1.82, 2.24) is 10.2 Å². The summed E-state index contributed by atoms with van der Waals surface area (Å²) in [5.74, 6) is -0.421. The molecule has 25 heavy (non-hydrogen) atoms. The van der Waals surface area contributed by atoms with E-state index in [-0.39, 0.29) is 18.2 Å². The molecule has 0 radical (unpaired) electrons. The van der Waals surface area contributed by atoms with E-state index in [0.717, 1.165) is 32.1 Å². The van der Waals surface area contributed by atoms with E-state index in [1.165, 1.54) is 24.6 Å². The number of carbonyl (C=O) groups is 1. The highest BCUT2D eigenvalue weighted by molar-refractivity contribution is 5.92. The SMILES string of the molecule is CCN1CCCC1CNC(C)CC(=O)Nc1ccccc1C(F)(F)F. The number of alkyl halides is 3. The van der Waals surface area contributed by atoms with E-state index < -0.39 is 17.6 Å². The maximum absolute atomic E-state index is 13.0. The van der Waals surface area contributed by atoms with Gasteiger partial charge in [-0.25, -0.2) is 0 Å². The van der Waals surface area contributed by atoms with Crippen molar-refractivity contribution in [3.63, 3.8) is 0 Å². The van der Waals surface area contributed by atoms with Crippen LogP contribution in [0, 0.1) is 0 Å². The van der Waals surface area contributed by atoms with Crippen LogP contribution in [0.3, 0.4) is 0 Å². The first kappa shape index (κ1) is 19.7. The monoisotopic (exact) mass is 357 g/mol. The number of para-hydroxylation sites is 1. The van der Waals surface area contributed by atoms with E-state index in [9.17, 15) is 18.0 Å². The second-order valence-electron chi connectivity index (χ2n) is 6.53. The number of amides is 1. The van der Waals surface area contributed by atoms with E-state index in [1.807, 2.05) is 6.92 Å². The number of nitrogens with one attached hydrogen (secondary N) is 2. The third kappa shape index (κ3) is 5.71. The van der Waals surface area contributed by atoms with E-state index >= 15 is 0 Å². The van der Waals surface area contributed by atoms with Crippen LogP contribution >= 0.6 is 0 Å². The van der Waals surface area contributed by atoms with Crippen LogP contribution in [-0.4, -0.2) is 42.5 Å². The first-order chi connectivity index (χ1) is 11.8. The molecule has 1 amide bonds. The molecule has 1 fully saturated rings. The number of hydrogen-bond acceptors (Lipinski definition) is 3. The zero-order valence-electron chi connectivity index (χ0n) is 14.7. The van der Waals surface area contributed by atoms with Crippen molar-refractivity contribution in [2.75, 3.05) is 25.0 Å². The normalized spacial score (nSPS) is 19.8. The fraction of sp³-hybridized carbons (Fsp3) is 0.611. The van der Waals surface area contributed by atoms with Gasteiger partial charge in [0.2, 0.25) is 5.91 Å². The number of hydrogen-bond donors (Lipinski definition) is 2. The minimum absolute atomic E-state index is 0.0997. The highest BCUT2D eigenvalue weighted by atomic mass is 19.4. The molecular formula is C18H26F3N3O. The number of nitrogens with zero attached hydrogens (tertiary/aromatic N) is 1. The Morgan fingerprint density at radius 2 is 2.08 bits per heavy atom. The van der Waals surface area contributed by atoms with Gasteiger partial charge in [0.05, 0.1) is 11.3 Å². The molecule has 0 bridgehead atoms. The molecule has 2 rings (SSSR count). The Hall–Kier alpha value is -1.60. The molecule has 1 aromatic rings. The summed E-state index contributed by atoms with van der Waals surface area (Å²) in [6.07, 6.45) is -2.03. The zero-order chi connectivity index (χ0) is 18.4. The zero-order valence-corrected chi connectivity index (χ0v) is 14.7. The molecule has 0 aromatic heterocycles. The second kappa shape index (κ2) is 8.67.